The molecule has 3 aromatic rings. The number of nitrogens with zero attached hydrogens (tertiary/aromatic N) is 4. The molecule has 22 heavy (non-hydrogen) atoms. The smallest absolute Gasteiger partial charge is 0.266 e. The van der Waals surface area contributed by atoms with Crippen molar-refractivity contribution in [1.82, 2.24) is 24.8 Å². The number of carbonyl (C=O) groups is 1. The van der Waals surface area contributed by atoms with Crippen molar-refractivity contribution >= 4 is 18.1 Å². The van der Waals surface area contributed by atoms with Crippen molar-refractivity contribution in [2.45, 2.75) is 6.92 Å². The van der Waals surface area contributed by atoms with Crippen molar-refractivity contribution in [2.24, 2.45) is 0 Å². The minimum Gasteiger partial charge on any atom is -0.266 e. The van der Waals surface area contributed by atoms with E-state index in [2.05, 4.69) is 25.6 Å². The van der Waals surface area contributed by atoms with Gasteiger partial charge in [-0.2, -0.15) is 5.10 Å². The number of amides is 1. The molecule has 0 bridgehead atoms. The molecule has 2 heterocycles. The molecule has 0 aliphatic rings. The predicted molar refractivity (Wildman–Crippen MR) is 83.3 cm³/mol. The number of aryl methyl sites for hydroxylation is 1. The fourth-order valence-electron chi connectivity index (χ4n) is 1.87. The molecule has 0 aliphatic carbocycles. The molecular weight excluding hydrogens is 300 g/mol. The third-order valence-electron chi connectivity index (χ3n) is 2.99. The average Bonchev–Trinajstić information content (AvgIpc) is 2.90. The Morgan fingerprint density at radius 1 is 1.27 bits per heavy atom. The van der Waals surface area contributed by atoms with Gasteiger partial charge < -0.3 is 0 Å². The molecule has 1 aromatic carbocycles. The Bertz CT molecular complexity index is 853. The largest absolute Gasteiger partial charge is 0.290 e. The van der Waals surface area contributed by atoms with Crippen LogP contribution in [0, 0.1) is 11.7 Å². The molecule has 0 unspecified atom stereocenters. The van der Waals surface area contributed by atoms with Crippen LogP contribution >= 0.6 is 12.2 Å². The van der Waals surface area contributed by atoms with Crippen LogP contribution in [0.1, 0.15) is 16.1 Å². The van der Waals surface area contributed by atoms with Crippen molar-refractivity contribution in [2.75, 3.05) is 5.43 Å². The highest BCUT2D eigenvalue weighted by molar-refractivity contribution is 7.71. The van der Waals surface area contributed by atoms with E-state index < -0.39 is 5.91 Å². The summed E-state index contributed by atoms with van der Waals surface area (Å²) in [5.41, 5.74) is 4.82. The fraction of sp³-hybridized carbons (Fsp3) is 0.0714. The summed E-state index contributed by atoms with van der Waals surface area (Å²) in [6.07, 6.45) is 4.33. The van der Waals surface area contributed by atoms with Crippen molar-refractivity contribution in [3.05, 3.63) is 58.9 Å². The Morgan fingerprint density at radius 2 is 2.05 bits per heavy atom. The van der Waals surface area contributed by atoms with Gasteiger partial charge in [0.2, 0.25) is 4.77 Å². The molecule has 110 valence electrons. The molecule has 0 saturated heterocycles. The maximum Gasteiger partial charge on any atom is 0.290 e. The maximum absolute atomic E-state index is 12.2. The van der Waals surface area contributed by atoms with E-state index in [0.29, 0.717) is 5.82 Å². The molecule has 0 radical (unpaired) electrons. The number of aromatic nitrogens is 5. The van der Waals surface area contributed by atoms with Crippen LogP contribution < -0.4 is 5.43 Å². The monoisotopic (exact) mass is 312 g/mol. The zero-order chi connectivity index (χ0) is 15.5. The molecule has 1 amide bonds. The minimum absolute atomic E-state index is 0.195. The van der Waals surface area contributed by atoms with Crippen LogP contribution in [0.3, 0.4) is 0 Å². The van der Waals surface area contributed by atoms with Gasteiger partial charge in [-0.15, -0.1) is 0 Å². The van der Waals surface area contributed by atoms with Gasteiger partial charge in [-0.25, -0.2) is 14.8 Å². The van der Waals surface area contributed by atoms with Gasteiger partial charge in [0.1, 0.15) is 5.69 Å². The van der Waals surface area contributed by atoms with E-state index in [4.69, 9.17) is 12.2 Å². The number of benzene rings is 1. The van der Waals surface area contributed by atoms with Gasteiger partial charge >= 0.3 is 0 Å². The van der Waals surface area contributed by atoms with Crippen molar-refractivity contribution in [3.8, 4) is 11.4 Å². The van der Waals surface area contributed by atoms with E-state index in [9.17, 15) is 4.79 Å². The third-order valence-corrected chi connectivity index (χ3v) is 3.27. The Kier molecular flexibility index (Phi) is 3.75. The normalized spacial score (nSPS) is 10.4. The molecule has 0 atom stereocenters. The quantitative estimate of drug-likeness (QED) is 0.723. The summed E-state index contributed by atoms with van der Waals surface area (Å²) in [6.45, 7) is 2.00. The molecule has 2 N–H and O–H groups in total. The van der Waals surface area contributed by atoms with Crippen molar-refractivity contribution in [3.63, 3.8) is 0 Å². The van der Waals surface area contributed by atoms with Crippen LogP contribution in [0.25, 0.3) is 11.4 Å². The molecule has 7 nitrogen and oxygen atoms in total. The summed E-state index contributed by atoms with van der Waals surface area (Å²) in [5, 5.41) is 6.83. The van der Waals surface area contributed by atoms with Crippen molar-refractivity contribution in [1.29, 1.82) is 0 Å². The second kappa shape index (κ2) is 5.86. The van der Waals surface area contributed by atoms with E-state index in [0.717, 1.165) is 11.1 Å². The van der Waals surface area contributed by atoms with Gasteiger partial charge in [-0.3, -0.25) is 15.2 Å². The summed E-state index contributed by atoms with van der Waals surface area (Å²) >= 11 is 5.16. The lowest BCUT2D eigenvalue weighted by atomic mass is 10.1. The SMILES string of the molecule is Cc1ccc(-c2n[nH]c(=S)n2NC(=O)c2cnccn2)cc1. The van der Waals surface area contributed by atoms with Gasteiger partial charge in [0.15, 0.2) is 5.82 Å². The van der Waals surface area contributed by atoms with E-state index in [1.54, 1.807) is 0 Å². The van der Waals surface area contributed by atoms with Crippen molar-refractivity contribution < 1.29 is 4.79 Å². The summed E-state index contributed by atoms with van der Waals surface area (Å²) in [7, 11) is 0. The molecule has 0 aliphatic heterocycles. The maximum atomic E-state index is 12.2. The minimum atomic E-state index is -0.418. The molecule has 3 rings (SSSR count). The van der Waals surface area contributed by atoms with E-state index in [1.165, 1.54) is 23.3 Å². The number of nitrogens with one attached hydrogen (secondary N) is 2. The number of rotatable bonds is 3. The lowest BCUT2D eigenvalue weighted by molar-refractivity contribution is 0.100. The van der Waals surface area contributed by atoms with Crippen LogP contribution in [0.4, 0.5) is 0 Å². The van der Waals surface area contributed by atoms with Gasteiger partial charge in [-0.1, -0.05) is 29.8 Å². The Balaban J connectivity index is 1.95. The van der Waals surface area contributed by atoms with Gasteiger partial charge in [-0.05, 0) is 19.1 Å². The number of aromatic amines is 1. The second-order valence-corrected chi connectivity index (χ2v) is 4.97. The molecule has 0 saturated carbocycles. The standard InChI is InChI=1S/C14H12N6OS/c1-9-2-4-10(5-3-9)12-17-18-14(22)20(12)19-13(21)11-8-15-6-7-16-11/h2-8H,1H3,(H,18,22)(H,19,21). The average molecular weight is 312 g/mol. The Labute approximate surface area is 131 Å². The first-order chi connectivity index (χ1) is 10.6. The van der Waals surface area contributed by atoms with E-state index in [1.807, 2.05) is 31.2 Å². The topological polar surface area (TPSA) is 88.5 Å². The first-order valence-corrected chi connectivity index (χ1v) is 6.88. The fourth-order valence-corrected chi connectivity index (χ4v) is 2.05. The Morgan fingerprint density at radius 3 is 2.73 bits per heavy atom. The Hall–Kier alpha value is -2.87. The van der Waals surface area contributed by atoms with Crippen LogP contribution in [0.15, 0.2) is 42.9 Å². The highest BCUT2D eigenvalue weighted by atomic mass is 32.1. The first-order valence-electron chi connectivity index (χ1n) is 6.47. The molecular formula is C14H12N6OS. The molecule has 0 fully saturated rings. The second-order valence-electron chi connectivity index (χ2n) is 4.59. The first kappa shape index (κ1) is 14.1. The summed E-state index contributed by atoms with van der Waals surface area (Å²) < 4.78 is 1.70. The van der Waals surface area contributed by atoms with Crippen LogP contribution in [0.5, 0.6) is 0 Å². The van der Waals surface area contributed by atoms with Gasteiger partial charge in [0.25, 0.3) is 5.91 Å². The summed E-state index contributed by atoms with van der Waals surface area (Å²) in [5.74, 6) is 0.0983. The molecule has 2 aromatic heterocycles. The molecule has 0 spiro atoms. The lowest BCUT2D eigenvalue weighted by Crippen LogP contribution is -2.24. The number of H-pyrrole nitrogens is 1. The number of hydrogen-bond donors (Lipinski definition) is 2. The van der Waals surface area contributed by atoms with Crippen LogP contribution in [0.2, 0.25) is 0 Å². The number of carbonyl (C=O) groups excluding carboxylic acids is 1. The zero-order valence-corrected chi connectivity index (χ0v) is 12.5. The van der Waals surface area contributed by atoms with Crippen LogP contribution in [-0.4, -0.2) is 30.7 Å². The predicted octanol–water partition coefficient (Wildman–Crippen LogP) is 2.09. The van der Waals surface area contributed by atoms with E-state index in [-0.39, 0.29) is 10.5 Å². The highest BCUT2D eigenvalue weighted by Crippen LogP contribution is 2.17. The lowest BCUT2D eigenvalue weighted by Gasteiger charge is -2.08. The zero-order valence-electron chi connectivity index (χ0n) is 11.6. The highest BCUT2D eigenvalue weighted by Gasteiger charge is 2.13. The van der Waals surface area contributed by atoms with Gasteiger partial charge in [0, 0.05) is 18.0 Å². The molecule has 8 heteroatoms. The number of hydrogen-bond acceptors (Lipinski definition) is 5. The third kappa shape index (κ3) is 2.77. The van der Waals surface area contributed by atoms with E-state index >= 15 is 0 Å². The summed E-state index contributed by atoms with van der Waals surface area (Å²) in [6, 6.07) is 7.74. The summed E-state index contributed by atoms with van der Waals surface area (Å²) in [4.78, 5) is 20.0. The van der Waals surface area contributed by atoms with Crippen LogP contribution in [-0.2, 0) is 0 Å². The van der Waals surface area contributed by atoms with Gasteiger partial charge in [0.05, 0.1) is 6.20 Å².